The van der Waals surface area contributed by atoms with Crippen molar-refractivity contribution in [1.29, 1.82) is 0 Å². The summed E-state index contributed by atoms with van der Waals surface area (Å²) in [5.74, 6) is 0.251. The quantitative estimate of drug-likeness (QED) is 0.665. The van der Waals surface area contributed by atoms with Crippen LogP contribution in [-0.4, -0.2) is 31.0 Å². The number of anilines is 2. The molecule has 0 spiro atoms. The van der Waals surface area contributed by atoms with Gasteiger partial charge in [-0.25, -0.2) is 0 Å². The fraction of sp³-hybridized carbons (Fsp3) is 0.136. The molecule has 7 heteroatoms. The fourth-order valence-corrected chi connectivity index (χ4v) is 2.72. The standard InChI is InChI=1S/C22H21N3O4/c1-14-5-4-6-16(11-14)24-21(26)15-9-10-23-19(12-15)22(27)25-18-13-17(28-2)7-8-20(18)29-3/h4-13H,1-3H3,(H,24,26)(H,25,27). The van der Waals surface area contributed by atoms with E-state index in [4.69, 9.17) is 9.47 Å². The minimum absolute atomic E-state index is 0.103. The number of aryl methyl sites for hydroxylation is 1. The average Bonchev–Trinajstić information content (AvgIpc) is 2.73. The van der Waals surface area contributed by atoms with Gasteiger partial charge in [0.05, 0.1) is 19.9 Å². The Morgan fingerprint density at radius 1 is 0.897 bits per heavy atom. The van der Waals surface area contributed by atoms with Crippen LogP contribution in [0.15, 0.2) is 60.8 Å². The highest BCUT2D eigenvalue weighted by Gasteiger charge is 2.15. The fourth-order valence-electron chi connectivity index (χ4n) is 2.72. The van der Waals surface area contributed by atoms with Gasteiger partial charge in [0, 0.05) is 23.5 Å². The first kappa shape index (κ1) is 19.9. The molecule has 3 rings (SSSR count). The van der Waals surface area contributed by atoms with Crippen LogP contribution in [0.4, 0.5) is 11.4 Å². The number of aromatic nitrogens is 1. The van der Waals surface area contributed by atoms with Gasteiger partial charge in [-0.1, -0.05) is 12.1 Å². The molecule has 0 aliphatic heterocycles. The number of carbonyl (C=O) groups excluding carboxylic acids is 2. The first-order chi connectivity index (χ1) is 14.0. The maximum absolute atomic E-state index is 12.7. The van der Waals surface area contributed by atoms with Crippen LogP contribution in [0, 0.1) is 6.92 Å². The van der Waals surface area contributed by atoms with Crippen LogP contribution in [-0.2, 0) is 0 Å². The van der Waals surface area contributed by atoms with Gasteiger partial charge in [-0.3, -0.25) is 14.6 Å². The van der Waals surface area contributed by atoms with Gasteiger partial charge in [0.15, 0.2) is 0 Å². The number of nitrogens with zero attached hydrogens (tertiary/aromatic N) is 1. The van der Waals surface area contributed by atoms with Crippen LogP contribution in [0.2, 0.25) is 0 Å². The molecule has 2 N–H and O–H groups in total. The van der Waals surface area contributed by atoms with Crippen molar-refractivity contribution in [2.24, 2.45) is 0 Å². The molecule has 148 valence electrons. The Labute approximate surface area is 168 Å². The van der Waals surface area contributed by atoms with Gasteiger partial charge in [-0.05, 0) is 48.9 Å². The molecule has 0 saturated heterocycles. The van der Waals surface area contributed by atoms with Crippen LogP contribution in [0.5, 0.6) is 11.5 Å². The van der Waals surface area contributed by atoms with E-state index in [1.807, 2.05) is 25.1 Å². The Balaban J connectivity index is 1.78. The van der Waals surface area contributed by atoms with Gasteiger partial charge >= 0.3 is 0 Å². The highest BCUT2D eigenvalue weighted by atomic mass is 16.5. The van der Waals surface area contributed by atoms with Crippen molar-refractivity contribution < 1.29 is 19.1 Å². The summed E-state index contributed by atoms with van der Waals surface area (Å²) in [6.45, 7) is 1.94. The smallest absolute Gasteiger partial charge is 0.274 e. The SMILES string of the molecule is COc1ccc(OC)c(NC(=O)c2cc(C(=O)Nc3cccc(C)c3)ccn2)c1. The normalized spacial score (nSPS) is 10.2. The number of hydrogen-bond donors (Lipinski definition) is 2. The molecule has 2 aromatic carbocycles. The van der Waals surface area contributed by atoms with Crippen molar-refractivity contribution in [2.45, 2.75) is 6.92 Å². The van der Waals surface area contributed by atoms with E-state index in [1.54, 1.807) is 30.3 Å². The summed E-state index contributed by atoms with van der Waals surface area (Å²) in [5, 5.41) is 5.55. The molecule has 0 fully saturated rings. The maximum Gasteiger partial charge on any atom is 0.274 e. The minimum atomic E-state index is -0.471. The van der Waals surface area contributed by atoms with Crippen molar-refractivity contribution in [3.8, 4) is 11.5 Å². The van der Waals surface area contributed by atoms with Crippen LogP contribution in [0.3, 0.4) is 0 Å². The minimum Gasteiger partial charge on any atom is -0.497 e. The molecule has 29 heavy (non-hydrogen) atoms. The van der Waals surface area contributed by atoms with Gasteiger partial charge in [0.25, 0.3) is 11.8 Å². The second-order valence-corrected chi connectivity index (χ2v) is 6.27. The average molecular weight is 391 g/mol. The Morgan fingerprint density at radius 3 is 2.45 bits per heavy atom. The third kappa shape index (κ3) is 4.90. The van der Waals surface area contributed by atoms with Crippen molar-refractivity contribution in [2.75, 3.05) is 24.9 Å². The number of rotatable bonds is 6. The first-order valence-electron chi connectivity index (χ1n) is 8.87. The van der Waals surface area contributed by atoms with Gasteiger partial charge in [0.1, 0.15) is 17.2 Å². The monoisotopic (exact) mass is 391 g/mol. The molecule has 2 amide bonds. The molecule has 0 radical (unpaired) electrons. The molecular formula is C22H21N3O4. The largest absolute Gasteiger partial charge is 0.497 e. The molecule has 1 heterocycles. The van der Waals surface area contributed by atoms with E-state index < -0.39 is 5.91 Å². The van der Waals surface area contributed by atoms with E-state index in [0.29, 0.717) is 28.4 Å². The highest BCUT2D eigenvalue weighted by molar-refractivity contribution is 6.08. The number of ether oxygens (including phenoxy) is 2. The lowest BCUT2D eigenvalue weighted by Crippen LogP contribution is -2.17. The van der Waals surface area contributed by atoms with Crippen molar-refractivity contribution in [3.63, 3.8) is 0 Å². The van der Waals surface area contributed by atoms with E-state index in [-0.39, 0.29) is 11.6 Å². The summed E-state index contributed by atoms with van der Waals surface area (Å²) in [6.07, 6.45) is 1.42. The van der Waals surface area contributed by atoms with Crippen molar-refractivity contribution in [3.05, 3.63) is 77.6 Å². The Kier molecular flexibility index (Phi) is 6.09. The number of amides is 2. The summed E-state index contributed by atoms with van der Waals surface area (Å²) >= 11 is 0. The summed E-state index contributed by atoms with van der Waals surface area (Å²) in [4.78, 5) is 29.3. The van der Waals surface area contributed by atoms with E-state index in [9.17, 15) is 9.59 Å². The zero-order valence-electron chi connectivity index (χ0n) is 16.4. The van der Waals surface area contributed by atoms with Gasteiger partial charge in [0.2, 0.25) is 0 Å². The Bertz CT molecular complexity index is 1050. The third-order valence-electron chi connectivity index (χ3n) is 4.19. The van der Waals surface area contributed by atoms with E-state index in [2.05, 4.69) is 15.6 Å². The number of carbonyl (C=O) groups is 2. The number of hydrogen-bond acceptors (Lipinski definition) is 5. The lowest BCUT2D eigenvalue weighted by atomic mass is 10.2. The predicted octanol–water partition coefficient (Wildman–Crippen LogP) is 3.91. The van der Waals surface area contributed by atoms with Gasteiger partial charge < -0.3 is 20.1 Å². The molecule has 0 atom stereocenters. The van der Waals surface area contributed by atoms with Crippen LogP contribution < -0.4 is 20.1 Å². The Hall–Kier alpha value is -3.87. The third-order valence-corrected chi connectivity index (χ3v) is 4.19. The maximum atomic E-state index is 12.7. The summed E-state index contributed by atoms with van der Waals surface area (Å²) in [7, 11) is 3.04. The number of benzene rings is 2. The van der Waals surface area contributed by atoms with Crippen molar-refractivity contribution >= 4 is 23.2 Å². The van der Waals surface area contributed by atoms with E-state index >= 15 is 0 Å². The predicted molar refractivity (Wildman–Crippen MR) is 111 cm³/mol. The van der Waals surface area contributed by atoms with Crippen molar-refractivity contribution in [1.82, 2.24) is 4.98 Å². The zero-order chi connectivity index (χ0) is 20.8. The second-order valence-electron chi connectivity index (χ2n) is 6.27. The van der Waals surface area contributed by atoms with E-state index in [1.165, 1.54) is 26.5 Å². The molecule has 7 nitrogen and oxygen atoms in total. The van der Waals surface area contributed by atoms with Crippen LogP contribution in [0.1, 0.15) is 26.4 Å². The molecule has 3 aromatic rings. The second kappa shape index (κ2) is 8.88. The van der Waals surface area contributed by atoms with Gasteiger partial charge in [-0.15, -0.1) is 0 Å². The van der Waals surface area contributed by atoms with Gasteiger partial charge in [-0.2, -0.15) is 0 Å². The van der Waals surface area contributed by atoms with E-state index in [0.717, 1.165) is 5.56 Å². The molecule has 0 aliphatic rings. The number of methoxy groups -OCH3 is 2. The molecule has 1 aromatic heterocycles. The molecule has 0 saturated carbocycles. The molecule has 0 unspecified atom stereocenters. The lowest BCUT2D eigenvalue weighted by Gasteiger charge is -2.12. The summed E-state index contributed by atoms with van der Waals surface area (Å²) < 4.78 is 10.4. The Morgan fingerprint density at radius 2 is 1.72 bits per heavy atom. The summed E-state index contributed by atoms with van der Waals surface area (Å²) in [6, 6.07) is 15.5. The molecule has 0 bridgehead atoms. The zero-order valence-corrected chi connectivity index (χ0v) is 16.4. The number of nitrogens with one attached hydrogen (secondary N) is 2. The van der Waals surface area contributed by atoms with Crippen LogP contribution in [0.25, 0.3) is 0 Å². The molecule has 0 aliphatic carbocycles. The summed E-state index contributed by atoms with van der Waals surface area (Å²) in [5.41, 5.74) is 2.58. The first-order valence-corrected chi connectivity index (χ1v) is 8.87. The van der Waals surface area contributed by atoms with Crippen LogP contribution >= 0.6 is 0 Å². The molecular weight excluding hydrogens is 370 g/mol. The lowest BCUT2D eigenvalue weighted by molar-refractivity contribution is 0.102. The number of pyridine rings is 1. The topological polar surface area (TPSA) is 89.5 Å². The highest BCUT2D eigenvalue weighted by Crippen LogP contribution is 2.29.